The Bertz CT molecular complexity index is 787. The van der Waals surface area contributed by atoms with Crippen LogP contribution in [0.25, 0.3) is 0 Å². The van der Waals surface area contributed by atoms with E-state index in [1.54, 1.807) is 4.90 Å². The molecule has 1 saturated heterocycles. The topological polar surface area (TPSA) is 80.3 Å². The fourth-order valence-corrected chi connectivity index (χ4v) is 3.84. The number of amides is 2. The molecular weight excluding hydrogens is 474 g/mol. The Hall–Kier alpha value is -2.20. The zero-order chi connectivity index (χ0) is 28.4. The highest BCUT2D eigenvalue weighted by molar-refractivity contribution is 6.31. The van der Waals surface area contributed by atoms with Crippen LogP contribution < -0.4 is 5.32 Å². The molecule has 1 aliphatic heterocycles. The van der Waals surface area contributed by atoms with Crippen LogP contribution in [0, 0.1) is 24.7 Å². The van der Waals surface area contributed by atoms with Crippen molar-refractivity contribution in [2.24, 2.45) is 0 Å². The quantitative estimate of drug-likeness (QED) is 0.436. The molecule has 1 unspecified atom stereocenters. The van der Waals surface area contributed by atoms with E-state index in [4.69, 9.17) is 26.7 Å². The average Bonchev–Trinajstić information content (AvgIpc) is 2.69. The van der Waals surface area contributed by atoms with E-state index in [0.717, 1.165) is 13.1 Å². The first-order valence-electron chi connectivity index (χ1n) is 12.4. The molecule has 9 heteroatoms. The molecule has 206 valence electrons. The maximum Gasteiger partial charge on any atom is 0.410 e. The highest BCUT2D eigenvalue weighted by Gasteiger charge is 2.33. The van der Waals surface area contributed by atoms with Gasteiger partial charge in [0.2, 0.25) is 0 Å². The van der Waals surface area contributed by atoms with Gasteiger partial charge in [0.05, 0.1) is 12.1 Å². The molecule has 0 bridgehead atoms. The molecule has 0 aromatic rings. The van der Waals surface area contributed by atoms with Crippen LogP contribution in [-0.4, -0.2) is 87.3 Å². The molecule has 0 radical (unpaired) electrons. The van der Waals surface area contributed by atoms with Crippen LogP contribution in [-0.2, 0) is 13.9 Å². The first-order chi connectivity index (χ1) is 16.2. The van der Waals surface area contributed by atoms with E-state index >= 15 is 0 Å². The lowest BCUT2D eigenvalue weighted by molar-refractivity contribution is 0.0155. The van der Waals surface area contributed by atoms with Gasteiger partial charge in [-0.15, -0.1) is 12.8 Å². The molecule has 1 N–H and O–H groups in total. The summed E-state index contributed by atoms with van der Waals surface area (Å²) in [4.78, 5) is 27.4. The Morgan fingerprint density at radius 2 is 1.39 bits per heavy atom. The molecule has 1 atom stereocenters. The second kappa shape index (κ2) is 13.9. The first-order valence-corrected chi connectivity index (χ1v) is 13.7. The standard InChI is InChI=1S/C15H29NO3Si.C12H20N2O2/c1-10-11(16-12(17)18-13(2,3)4)15(8,9)19-20-14(5,6)7;1-5-6-13-7-9-14(10-8-13)11(15)16-12(2,3)4/h1,11H,20H2,2-9H3,(H,16,17);1H,6-10H2,2-4H3. The predicted molar refractivity (Wildman–Crippen MR) is 148 cm³/mol. The van der Waals surface area contributed by atoms with E-state index < -0.39 is 38.7 Å². The third-order valence-corrected chi connectivity index (χ3v) is 6.49. The average molecular weight is 524 g/mol. The van der Waals surface area contributed by atoms with Crippen molar-refractivity contribution < 1.29 is 23.5 Å². The summed E-state index contributed by atoms with van der Waals surface area (Å²) in [5, 5.41) is 2.87. The highest BCUT2D eigenvalue weighted by Crippen LogP contribution is 2.25. The van der Waals surface area contributed by atoms with Crippen LogP contribution in [0.1, 0.15) is 76.2 Å². The Balaban J connectivity index is 0.000000696. The molecule has 1 fully saturated rings. The maximum absolute atomic E-state index is 11.8. The van der Waals surface area contributed by atoms with E-state index in [-0.39, 0.29) is 11.1 Å². The number of hydrogen-bond acceptors (Lipinski definition) is 6. The predicted octanol–water partition coefficient (Wildman–Crippen LogP) is 3.78. The van der Waals surface area contributed by atoms with Crippen molar-refractivity contribution in [2.75, 3.05) is 32.7 Å². The van der Waals surface area contributed by atoms with Gasteiger partial charge < -0.3 is 24.1 Å². The fourth-order valence-electron chi connectivity index (χ4n) is 2.87. The van der Waals surface area contributed by atoms with Gasteiger partial charge in [-0.25, -0.2) is 9.59 Å². The zero-order valence-electron chi connectivity index (χ0n) is 24.4. The Morgan fingerprint density at radius 3 is 1.78 bits per heavy atom. The van der Waals surface area contributed by atoms with Crippen molar-refractivity contribution in [1.29, 1.82) is 0 Å². The molecule has 1 rings (SSSR count). The van der Waals surface area contributed by atoms with Crippen molar-refractivity contribution in [3.63, 3.8) is 0 Å². The smallest absolute Gasteiger partial charge is 0.410 e. The second-order valence-electron chi connectivity index (χ2n) is 12.6. The van der Waals surface area contributed by atoms with E-state index in [2.05, 4.69) is 42.8 Å². The lowest BCUT2D eigenvalue weighted by Gasteiger charge is -2.35. The number of nitrogens with zero attached hydrogens (tertiary/aromatic N) is 2. The third kappa shape index (κ3) is 15.7. The molecule has 0 spiro atoms. The third-order valence-electron chi connectivity index (χ3n) is 4.74. The number of alkyl carbamates (subject to hydrolysis) is 1. The largest absolute Gasteiger partial charge is 0.444 e. The number of carbonyl (C=O) groups is 2. The minimum Gasteiger partial charge on any atom is -0.444 e. The zero-order valence-corrected chi connectivity index (χ0v) is 25.8. The highest BCUT2D eigenvalue weighted by atomic mass is 28.2. The van der Waals surface area contributed by atoms with E-state index in [9.17, 15) is 9.59 Å². The van der Waals surface area contributed by atoms with E-state index in [1.807, 2.05) is 55.4 Å². The van der Waals surface area contributed by atoms with Crippen molar-refractivity contribution in [3.8, 4) is 24.7 Å². The van der Waals surface area contributed by atoms with Gasteiger partial charge in [-0.3, -0.25) is 4.90 Å². The molecule has 36 heavy (non-hydrogen) atoms. The Labute approximate surface area is 222 Å². The Kier molecular flexibility index (Phi) is 13.1. The minimum absolute atomic E-state index is 0.169. The number of hydrogen-bond donors (Lipinski definition) is 1. The number of piperazine rings is 1. The molecule has 1 aliphatic rings. The number of ether oxygens (including phenoxy) is 2. The van der Waals surface area contributed by atoms with Crippen molar-refractivity contribution in [1.82, 2.24) is 15.1 Å². The number of terminal acetylenes is 2. The molecule has 1 heterocycles. The molecule has 0 saturated carbocycles. The summed E-state index contributed by atoms with van der Waals surface area (Å²) in [5.41, 5.74) is -1.58. The second-order valence-corrected chi connectivity index (χ2v) is 15.3. The number of carbonyl (C=O) groups excluding carboxylic acids is 2. The lowest BCUT2D eigenvalue weighted by Crippen LogP contribution is -2.52. The number of nitrogens with one attached hydrogen (secondary N) is 1. The summed E-state index contributed by atoms with van der Waals surface area (Å²) in [5.74, 6) is 5.19. The van der Waals surface area contributed by atoms with E-state index in [1.165, 1.54) is 0 Å². The molecule has 2 amide bonds. The summed E-state index contributed by atoms with van der Waals surface area (Å²) < 4.78 is 16.5. The Morgan fingerprint density at radius 1 is 0.889 bits per heavy atom. The van der Waals surface area contributed by atoms with Crippen LogP contribution in [0.2, 0.25) is 5.04 Å². The molecule has 0 aromatic heterocycles. The molecule has 0 aliphatic carbocycles. The maximum atomic E-state index is 11.8. The summed E-state index contributed by atoms with van der Waals surface area (Å²) in [6, 6.07) is -0.521. The summed E-state index contributed by atoms with van der Waals surface area (Å²) >= 11 is 0. The fraction of sp³-hybridized carbons (Fsp3) is 0.778. The monoisotopic (exact) mass is 523 g/mol. The summed E-state index contributed by atoms with van der Waals surface area (Å²) in [6.07, 6.45) is 10.0. The van der Waals surface area contributed by atoms with Gasteiger partial charge in [0.1, 0.15) is 17.2 Å². The normalized spacial score (nSPS) is 16.3. The van der Waals surface area contributed by atoms with Crippen LogP contribution in [0.4, 0.5) is 9.59 Å². The van der Waals surface area contributed by atoms with Gasteiger partial charge in [0, 0.05) is 26.2 Å². The van der Waals surface area contributed by atoms with Crippen molar-refractivity contribution in [2.45, 2.75) is 104 Å². The van der Waals surface area contributed by atoms with Crippen LogP contribution >= 0.6 is 0 Å². The molecule has 8 nitrogen and oxygen atoms in total. The van der Waals surface area contributed by atoms with Gasteiger partial charge in [-0.1, -0.05) is 32.6 Å². The SMILES string of the molecule is C#CC(NC(=O)OC(C)(C)C)C(C)(C)O[SiH2]C(C)(C)C.C#CCN1CCN(C(=O)OC(C)(C)C)CC1. The molecule has 0 aromatic carbocycles. The van der Waals surface area contributed by atoms with Crippen molar-refractivity contribution in [3.05, 3.63) is 0 Å². The van der Waals surface area contributed by atoms with Gasteiger partial charge in [-0.05, 0) is 60.4 Å². The van der Waals surface area contributed by atoms with Gasteiger partial charge in [0.15, 0.2) is 9.76 Å². The van der Waals surface area contributed by atoms with Crippen LogP contribution in [0.15, 0.2) is 0 Å². The summed E-state index contributed by atoms with van der Waals surface area (Å²) in [6.45, 7) is 25.0. The van der Waals surface area contributed by atoms with Crippen LogP contribution in [0.3, 0.4) is 0 Å². The first kappa shape index (κ1) is 33.8. The van der Waals surface area contributed by atoms with E-state index in [0.29, 0.717) is 19.6 Å². The van der Waals surface area contributed by atoms with Crippen LogP contribution in [0.5, 0.6) is 0 Å². The summed E-state index contributed by atoms with van der Waals surface area (Å²) in [7, 11) is -0.762. The minimum atomic E-state index is -0.762. The van der Waals surface area contributed by atoms with Crippen molar-refractivity contribution >= 4 is 21.9 Å². The number of rotatable bonds is 5. The van der Waals surface area contributed by atoms with Gasteiger partial charge in [-0.2, -0.15) is 0 Å². The van der Waals surface area contributed by atoms with Gasteiger partial charge >= 0.3 is 12.2 Å². The molecular formula is C27H49N3O5Si. The lowest BCUT2D eigenvalue weighted by atomic mass is 10.0. The van der Waals surface area contributed by atoms with Gasteiger partial charge in [0.25, 0.3) is 0 Å².